The molecule has 0 radical (unpaired) electrons. The van der Waals surface area contributed by atoms with E-state index in [1.165, 1.54) is 0 Å². The number of nitrogens with one attached hydrogen (secondary N) is 1. The molecule has 0 aromatic carbocycles. The van der Waals surface area contributed by atoms with Crippen molar-refractivity contribution in [1.82, 2.24) is 5.32 Å². The minimum Gasteiger partial charge on any atom is -0.444 e. The third-order valence-electron chi connectivity index (χ3n) is 1.32. The zero-order valence-electron chi connectivity index (χ0n) is 9.04. The second-order valence-electron chi connectivity index (χ2n) is 4.06. The van der Waals surface area contributed by atoms with Gasteiger partial charge in [0.1, 0.15) is 5.60 Å². The van der Waals surface area contributed by atoms with E-state index in [-0.39, 0.29) is 6.54 Å². The molecule has 1 amide bonds. The average Bonchev–Trinajstić information content (AvgIpc) is 1.98. The van der Waals surface area contributed by atoms with Crippen LogP contribution in [0.2, 0.25) is 0 Å². The molecule has 0 unspecified atom stereocenters. The number of rotatable bonds is 4. The van der Waals surface area contributed by atoms with Crippen LogP contribution in [-0.4, -0.2) is 29.4 Å². The molecular weight excluding hydrogens is 182 g/mol. The van der Waals surface area contributed by atoms with E-state index < -0.39 is 17.8 Å². The van der Waals surface area contributed by atoms with Crippen LogP contribution in [0.5, 0.6) is 0 Å². The summed E-state index contributed by atoms with van der Waals surface area (Å²) in [5.74, 6) is 0. The first-order valence-electron chi connectivity index (χ1n) is 4.61. The van der Waals surface area contributed by atoms with Gasteiger partial charge in [-0.1, -0.05) is 6.08 Å². The Kier molecular flexibility index (Phi) is 5.23. The highest BCUT2D eigenvalue weighted by Gasteiger charge is 2.16. The summed E-state index contributed by atoms with van der Waals surface area (Å²) in [6, 6.07) is 0. The fraction of sp³-hybridized carbons (Fsp3) is 0.700. The molecule has 0 heterocycles. The van der Waals surface area contributed by atoms with Crippen molar-refractivity contribution in [2.24, 2.45) is 0 Å². The lowest BCUT2D eigenvalue weighted by molar-refractivity contribution is 0.0493. The smallest absolute Gasteiger partial charge is 0.407 e. The van der Waals surface area contributed by atoms with Crippen molar-refractivity contribution in [2.75, 3.05) is 6.54 Å². The molecular formula is C10H19NO3. The van der Waals surface area contributed by atoms with E-state index >= 15 is 0 Å². The highest BCUT2D eigenvalue weighted by Crippen LogP contribution is 2.06. The summed E-state index contributed by atoms with van der Waals surface area (Å²) in [4.78, 5) is 11.1. The number of aliphatic hydroxyl groups is 1. The van der Waals surface area contributed by atoms with Gasteiger partial charge in [-0.2, -0.15) is 0 Å². The number of carbonyl (C=O) groups excluding carboxylic acids is 1. The summed E-state index contributed by atoms with van der Waals surface area (Å²) in [6.07, 6.45) is 0.942. The van der Waals surface area contributed by atoms with E-state index in [1.54, 1.807) is 26.8 Å². The Balaban J connectivity index is 3.69. The molecule has 0 bridgehead atoms. The molecule has 0 aliphatic carbocycles. The lowest BCUT2D eigenvalue weighted by Gasteiger charge is -2.20. The van der Waals surface area contributed by atoms with Gasteiger partial charge in [-0.25, -0.2) is 4.79 Å². The fourth-order valence-corrected chi connectivity index (χ4v) is 0.791. The predicted octanol–water partition coefficient (Wildman–Crippen LogP) is 1.45. The number of ether oxygens (including phenoxy) is 1. The highest BCUT2D eigenvalue weighted by atomic mass is 16.6. The maximum absolute atomic E-state index is 11.1. The van der Waals surface area contributed by atoms with Crippen LogP contribution in [0, 0.1) is 0 Å². The molecule has 82 valence electrons. The first kappa shape index (κ1) is 13.0. The van der Waals surface area contributed by atoms with Gasteiger partial charge >= 0.3 is 6.09 Å². The molecule has 0 aliphatic rings. The zero-order chi connectivity index (χ0) is 11.2. The summed E-state index contributed by atoms with van der Waals surface area (Å²) >= 11 is 0. The van der Waals surface area contributed by atoms with Gasteiger partial charge in [-0.15, -0.1) is 6.58 Å². The Labute approximate surface area is 85.0 Å². The average molecular weight is 201 g/mol. The molecule has 4 heteroatoms. The number of hydrogen-bond acceptors (Lipinski definition) is 3. The second kappa shape index (κ2) is 5.65. The minimum atomic E-state index is -0.597. The van der Waals surface area contributed by atoms with Gasteiger partial charge in [0.15, 0.2) is 0 Å². The molecule has 2 N–H and O–H groups in total. The van der Waals surface area contributed by atoms with Crippen LogP contribution in [0.3, 0.4) is 0 Å². The molecule has 0 saturated carbocycles. The largest absolute Gasteiger partial charge is 0.444 e. The standard InChI is InChI=1S/C10H19NO3/c1-5-6-8(12)7-11-9(13)14-10(2,3)4/h5,8,12H,1,6-7H2,2-4H3,(H,11,13)/t8-/m0/s1. The number of alkyl carbamates (subject to hydrolysis) is 1. The Morgan fingerprint density at radius 3 is 2.64 bits per heavy atom. The van der Waals surface area contributed by atoms with Crippen molar-refractivity contribution in [3.8, 4) is 0 Å². The molecule has 0 aromatic heterocycles. The van der Waals surface area contributed by atoms with E-state index in [0.29, 0.717) is 6.42 Å². The van der Waals surface area contributed by atoms with Crippen LogP contribution < -0.4 is 5.32 Å². The van der Waals surface area contributed by atoms with Gasteiger partial charge in [0.2, 0.25) is 0 Å². The number of carbonyl (C=O) groups is 1. The number of hydrogen-bond donors (Lipinski definition) is 2. The van der Waals surface area contributed by atoms with E-state index in [1.807, 2.05) is 0 Å². The van der Waals surface area contributed by atoms with Crippen molar-refractivity contribution >= 4 is 6.09 Å². The number of amides is 1. The molecule has 14 heavy (non-hydrogen) atoms. The number of aliphatic hydroxyl groups excluding tert-OH is 1. The Morgan fingerprint density at radius 1 is 1.64 bits per heavy atom. The predicted molar refractivity (Wildman–Crippen MR) is 55.1 cm³/mol. The topological polar surface area (TPSA) is 58.6 Å². The van der Waals surface area contributed by atoms with Gasteiger partial charge in [0.05, 0.1) is 6.10 Å². The summed E-state index contributed by atoms with van der Waals surface area (Å²) in [5.41, 5.74) is -0.506. The second-order valence-corrected chi connectivity index (χ2v) is 4.06. The van der Waals surface area contributed by atoms with Crippen LogP contribution >= 0.6 is 0 Å². The van der Waals surface area contributed by atoms with Gasteiger partial charge in [0, 0.05) is 6.54 Å². The van der Waals surface area contributed by atoms with Crippen LogP contribution in [-0.2, 0) is 4.74 Å². The van der Waals surface area contributed by atoms with Gasteiger partial charge in [-0.05, 0) is 27.2 Å². The lowest BCUT2D eigenvalue weighted by atomic mass is 10.2. The molecule has 0 aliphatic heterocycles. The van der Waals surface area contributed by atoms with Crippen molar-refractivity contribution in [3.63, 3.8) is 0 Å². The minimum absolute atomic E-state index is 0.181. The Hall–Kier alpha value is -1.03. The van der Waals surface area contributed by atoms with E-state index in [4.69, 9.17) is 4.74 Å². The van der Waals surface area contributed by atoms with Crippen LogP contribution in [0.15, 0.2) is 12.7 Å². The summed E-state index contributed by atoms with van der Waals surface area (Å²) in [5, 5.41) is 11.7. The van der Waals surface area contributed by atoms with Crippen molar-refractivity contribution in [2.45, 2.75) is 38.9 Å². The molecule has 4 nitrogen and oxygen atoms in total. The highest BCUT2D eigenvalue weighted by molar-refractivity contribution is 5.67. The monoisotopic (exact) mass is 201 g/mol. The van der Waals surface area contributed by atoms with Crippen LogP contribution in [0.1, 0.15) is 27.2 Å². The summed E-state index contributed by atoms with van der Waals surface area (Å²) < 4.78 is 4.98. The molecule has 0 rings (SSSR count). The normalized spacial score (nSPS) is 13.1. The van der Waals surface area contributed by atoms with Crippen LogP contribution in [0.4, 0.5) is 4.79 Å². The van der Waals surface area contributed by atoms with Gasteiger partial charge in [0.25, 0.3) is 0 Å². The molecule has 1 atom stereocenters. The van der Waals surface area contributed by atoms with Gasteiger partial charge in [-0.3, -0.25) is 0 Å². The Morgan fingerprint density at radius 2 is 2.21 bits per heavy atom. The van der Waals surface area contributed by atoms with Crippen molar-refractivity contribution < 1.29 is 14.6 Å². The van der Waals surface area contributed by atoms with Crippen molar-refractivity contribution in [1.29, 1.82) is 0 Å². The van der Waals surface area contributed by atoms with E-state index in [0.717, 1.165) is 0 Å². The SMILES string of the molecule is C=CC[C@H](O)CNC(=O)OC(C)(C)C. The van der Waals surface area contributed by atoms with Crippen LogP contribution in [0.25, 0.3) is 0 Å². The first-order valence-corrected chi connectivity index (χ1v) is 4.61. The van der Waals surface area contributed by atoms with Gasteiger partial charge < -0.3 is 15.2 Å². The fourth-order valence-electron chi connectivity index (χ4n) is 0.791. The summed E-state index contributed by atoms with van der Waals surface area (Å²) in [6.45, 7) is 9.02. The third kappa shape index (κ3) is 7.61. The maximum atomic E-state index is 11.1. The maximum Gasteiger partial charge on any atom is 0.407 e. The first-order chi connectivity index (χ1) is 6.35. The molecule has 0 spiro atoms. The molecule has 0 aromatic rings. The molecule has 0 fully saturated rings. The van der Waals surface area contributed by atoms with E-state index in [9.17, 15) is 9.90 Å². The third-order valence-corrected chi connectivity index (χ3v) is 1.32. The zero-order valence-corrected chi connectivity index (χ0v) is 9.04. The Bertz CT molecular complexity index is 196. The molecule has 0 saturated heterocycles. The quantitative estimate of drug-likeness (QED) is 0.677. The van der Waals surface area contributed by atoms with Crippen molar-refractivity contribution in [3.05, 3.63) is 12.7 Å². The van der Waals surface area contributed by atoms with E-state index in [2.05, 4.69) is 11.9 Å². The summed E-state index contributed by atoms with van der Waals surface area (Å²) in [7, 11) is 0. The lowest BCUT2D eigenvalue weighted by Crippen LogP contribution is -2.36.